The predicted molar refractivity (Wildman–Crippen MR) is 77.2 cm³/mol. The van der Waals surface area contributed by atoms with Crippen LogP contribution in [0.5, 0.6) is 5.75 Å². The molecular weight excluding hydrogens is 380 g/mol. The Morgan fingerprint density at radius 1 is 1.25 bits per heavy atom. The van der Waals surface area contributed by atoms with Crippen molar-refractivity contribution in [1.82, 2.24) is 0 Å². The summed E-state index contributed by atoms with van der Waals surface area (Å²) in [5, 5.41) is 10.8. The van der Waals surface area contributed by atoms with Gasteiger partial charge in [-0.25, -0.2) is 9.18 Å². The van der Waals surface area contributed by atoms with Crippen LogP contribution in [0.3, 0.4) is 0 Å². The van der Waals surface area contributed by atoms with Crippen molar-refractivity contribution >= 4 is 34.2 Å². The molecule has 5 nitrogen and oxygen atoms in total. The molecule has 0 saturated heterocycles. The highest BCUT2D eigenvalue weighted by molar-refractivity contribution is 14.1. The van der Waals surface area contributed by atoms with Gasteiger partial charge in [-0.15, -0.1) is 0 Å². The van der Waals surface area contributed by atoms with E-state index in [9.17, 15) is 19.3 Å². The van der Waals surface area contributed by atoms with Crippen LogP contribution in [0.4, 0.5) is 10.1 Å². The van der Waals surface area contributed by atoms with E-state index >= 15 is 0 Å². The maximum Gasteiger partial charge on any atom is 0.343 e. The van der Waals surface area contributed by atoms with Crippen LogP contribution in [0.15, 0.2) is 42.5 Å². The molecule has 2 rings (SSSR count). The van der Waals surface area contributed by atoms with E-state index in [1.54, 1.807) is 18.2 Å². The molecule has 0 unspecified atom stereocenters. The summed E-state index contributed by atoms with van der Waals surface area (Å²) in [6.45, 7) is 0. The van der Waals surface area contributed by atoms with Gasteiger partial charge in [-0.05, 0) is 46.9 Å². The lowest BCUT2D eigenvalue weighted by atomic mass is 10.2. The van der Waals surface area contributed by atoms with E-state index in [2.05, 4.69) is 0 Å². The van der Waals surface area contributed by atoms with Crippen LogP contribution in [-0.4, -0.2) is 10.9 Å². The second-order valence-electron chi connectivity index (χ2n) is 3.77. The van der Waals surface area contributed by atoms with Crippen LogP contribution in [0.1, 0.15) is 10.4 Å². The Hall–Kier alpha value is -2.03. The number of nitro groups is 1. The number of hydrogen-bond acceptors (Lipinski definition) is 4. The van der Waals surface area contributed by atoms with Gasteiger partial charge in [-0.2, -0.15) is 0 Å². The fourth-order valence-electron chi connectivity index (χ4n) is 1.49. The van der Waals surface area contributed by atoms with Crippen molar-refractivity contribution in [2.75, 3.05) is 0 Å². The number of carbonyl (C=O) groups excluding carboxylic acids is 1. The number of halogens is 2. The predicted octanol–water partition coefficient (Wildman–Crippen LogP) is 3.56. The van der Waals surface area contributed by atoms with Gasteiger partial charge in [0.2, 0.25) is 5.75 Å². The van der Waals surface area contributed by atoms with E-state index in [1.165, 1.54) is 6.07 Å². The number of hydrogen-bond donors (Lipinski definition) is 0. The van der Waals surface area contributed by atoms with E-state index in [1.807, 2.05) is 22.6 Å². The third-order valence-electron chi connectivity index (χ3n) is 2.38. The largest absolute Gasteiger partial charge is 0.415 e. The molecule has 0 aliphatic carbocycles. The van der Waals surface area contributed by atoms with Crippen LogP contribution < -0.4 is 4.74 Å². The Bertz CT molecular complexity index is 690. The lowest BCUT2D eigenvalue weighted by Gasteiger charge is -2.05. The fourth-order valence-corrected chi connectivity index (χ4v) is 2.04. The average Bonchev–Trinajstić information content (AvgIpc) is 2.38. The Morgan fingerprint density at radius 2 is 2.00 bits per heavy atom. The van der Waals surface area contributed by atoms with E-state index in [0.717, 1.165) is 21.8 Å². The minimum atomic E-state index is -0.780. The number of ether oxygens (including phenoxy) is 1. The van der Waals surface area contributed by atoms with Gasteiger partial charge in [0.15, 0.2) is 0 Å². The normalized spacial score (nSPS) is 10.1. The highest BCUT2D eigenvalue weighted by Gasteiger charge is 2.19. The SMILES string of the molecule is O=C(Oc1cc(F)ccc1[N+](=O)[O-])c1cccc(I)c1. The van der Waals surface area contributed by atoms with Crippen molar-refractivity contribution in [3.63, 3.8) is 0 Å². The summed E-state index contributed by atoms with van der Waals surface area (Å²) in [6, 6.07) is 9.20. The van der Waals surface area contributed by atoms with Crippen molar-refractivity contribution in [1.29, 1.82) is 0 Å². The minimum absolute atomic E-state index is 0.232. The third kappa shape index (κ3) is 3.29. The van der Waals surface area contributed by atoms with Gasteiger partial charge in [0.25, 0.3) is 0 Å². The molecule has 2 aromatic carbocycles. The first-order chi connectivity index (χ1) is 9.47. The molecule has 0 spiro atoms. The quantitative estimate of drug-likeness (QED) is 0.266. The highest BCUT2D eigenvalue weighted by Crippen LogP contribution is 2.28. The third-order valence-corrected chi connectivity index (χ3v) is 3.05. The molecule has 20 heavy (non-hydrogen) atoms. The summed E-state index contributed by atoms with van der Waals surface area (Å²) in [6.07, 6.45) is 0. The van der Waals surface area contributed by atoms with Crippen LogP contribution in [0, 0.1) is 19.5 Å². The molecule has 0 aliphatic heterocycles. The van der Waals surface area contributed by atoms with Crippen molar-refractivity contribution in [2.45, 2.75) is 0 Å². The molecule has 0 atom stereocenters. The fraction of sp³-hybridized carbons (Fsp3) is 0. The van der Waals surface area contributed by atoms with Crippen LogP contribution in [0.2, 0.25) is 0 Å². The molecule has 0 amide bonds. The van der Waals surface area contributed by atoms with Gasteiger partial charge in [0.1, 0.15) is 5.82 Å². The zero-order chi connectivity index (χ0) is 14.7. The number of rotatable bonds is 3. The van der Waals surface area contributed by atoms with Crippen molar-refractivity contribution in [3.8, 4) is 5.75 Å². The molecule has 0 saturated carbocycles. The lowest BCUT2D eigenvalue weighted by molar-refractivity contribution is -0.385. The van der Waals surface area contributed by atoms with Gasteiger partial charge in [0.05, 0.1) is 10.5 Å². The summed E-state index contributed by atoms with van der Waals surface area (Å²) in [5.41, 5.74) is -0.235. The molecule has 0 radical (unpaired) electrons. The van der Waals surface area contributed by atoms with E-state index in [4.69, 9.17) is 4.74 Å². The lowest BCUT2D eigenvalue weighted by Crippen LogP contribution is -2.10. The molecule has 7 heteroatoms. The molecule has 0 aromatic heterocycles. The first-order valence-corrected chi connectivity index (χ1v) is 6.47. The topological polar surface area (TPSA) is 69.4 Å². The van der Waals surface area contributed by atoms with Gasteiger partial charge in [-0.3, -0.25) is 10.1 Å². The Labute approximate surface area is 126 Å². The van der Waals surface area contributed by atoms with Crippen molar-refractivity contribution < 1.29 is 18.8 Å². The second-order valence-corrected chi connectivity index (χ2v) is 5.01. The van der Waals surface area contributed by atoms with Crippen LogP contribution >= 0.6 is 22.6 Å². The summed E-state index contributed by atoms with van der Waals surface area (Å²) >= 11 is 2.02. The van der Waals surface area contributed by atoms with Gasteiger partial charge < -0.3 is 4.74 Å². The van der Waals surface area contributed by atoms with Crippen molar-refractivity contribution in [2.24, 2.45) is 0 Å². The van der Waals surface area contributed by atoms with Crippen LogP contribution in [0.25, 0.3) is 0 Å². The molecule has 0 N–H and O–H groups in total. The van der Waals surface area contributed by atoms with Gasteiger partial charge in [-0.1, -0.05) is 6.07 Å². The maximum absolute atomic E-state index is 13.1. The number of benzene rings is 2. The van der Waals surface area contributed by atoms with Crippen LogP contribution in [-0.2, 0) is 0 Å². The van der Waals surface area contributed by atoms with E-state index < -0.39 is 28.1 Å². The summed E-state index contributed by atoms with van der Waals surface area (Å²) in [4.78, 5) is 21.9. The second kappa shape index (κ2) is 5.95. The monoisotopic (exact) mass is 387 g/mol. The average molecular weight is 387 g/mol. The number of esters is 1. The molecule has 0 bridgehead atoms. The van der Waals surface area contributed by atoms with E-state index in [-0.39, 0.29) is 5.56 Å². The molecule has 0 fully saturated rings. The number of nitrogens with zero attached hydrogens (tertiary/aromatic N) is 1. The highest BCUT2D eigenvalue weighted by atomic mass is 127. The first kappa shape index (κ1) is 14.4. The molecule has 102 valence electrons. The zero-order valence-corrected chi connectivity index (χ0v) is 12.0. The number of carbonyl (C=O) groups is 1. The minimum Gasteiger partial charge on any atom is -0.415 e. The smallest absolute Gasteiger partial charge is 0.343 e. The summed E-state index contributed by atoms with van der Waals surface area (Å²) in [5.74, 6) is -1.92. The molecule has 2 aromatic rings. The number of nitro benzene ring substituents is 1. The standard InChI is InChI=1S/C13H7FINO4/c14-9-4-5-11(16(18)19)12(7-9)20-13(17)8-2-1-3-10(15)6-8/h1-7H. The van der Waals surface area contributed by atoms with Gasteiger partial charge >= 0.3 is 11.7 Å². The van der Waals surface area contributed by atoms with E-state index in [0.29, 0.717) is 0 Å². The summed E-state index contributed by atoms with van der Waals surface area (Å²) < 4.78 is 18.8. The van der Waals surface area contributed by atoms with Gasteiger partial charge in [0, 0.05) is 15.7 Å². The molecular formula is C13H7FINO4. The Balaban J connectivity index is 2.32. The molecule has 0 heterocycles. The van der Waals surface area contributed by atoms with Crippen molar-refractivity contribution in [3.05, 3.63) is 67.5 Å². The summed E-state index contributed by atoms with van der Waals surface area (Å²) in [7, 11) is 0. The molecule has 0 aliphatic rings. The Kier molecular flexibility index (Phi) is 4.28. The Morgan fingerprint density at radius 3 is 2.65 bits per heavy atom. The first-order valence-electron chi connectivity index (χ1n) is 5.39. The zero-order valence-electron chi connectivity index (χ0n) is 9.88. The maximum atomic E-state index is 13.1.